The number of ether oxygens (including phenoxy) is 1. The van der Waals surface area contributed by atoms with Crippen molar-refractivity contribution in [3.05, 3.63) is 34.6 Å². The molecule has 2 heterocycles. The second kappa shape index (κ2) is 8.80. The van der Waals surface area contributed by atoms with Gasteiger partial charge < -0.3 is 9.84 Å². The first-order valence-corrected chi connectivity index (χ1v) is 9.78. The van der Waals surface area contributed by atoms with Crippen LogP contribution in [0.4, 0.5) is 0 Å². The van der Waals surface area contributed by atoms with Crippen LogP contribution in [0.25, 0.3) is 10.9 Å². The number of thioether (sulfide) groups is 1. The molecule has 1 aliphatic rings. The fourth-order valence-corrected chi connectivity index (χ4v) is 3.92. The zero-order chi connectivity index (χ0) is 17.6. The number of aromatic nitrogens is 2. The minimum absolute atomic E-state index is 0.00220. The fourth-order valence-electron chi connectivity index (χ4n) is 2.98. The number of benzene rings is 1. The van der Waals surface area contributed by atoms with Crippen molar-refractivity contribution in [2.75, 3.05) is 38.6 Å². The van der Waals surface area contributed by atoms with E-state index in [0.29, 0.717) is 34.9 Å². The smallest absolute Gasteiger partial charge is 0.262 e. The molecular weight excluding hydrogens is 338 g/mol. The molecule has 0 spiro atoms. The number of β-amino-alcohol motifs (C(OH)–C–C–N with tert-alkyl or cyclic N) is 1. The lowest BCUT2D eigenvalue weighted by Gasteiger charge is -2.28. The first kappa shape index (κ1) is 18.4. The van der Waals surface area contributed by atoms with E-state index < -0.39 is 6.10 Å². The van der Waals surface area contributed by atoms with Crippen LogP contribution in [0.15, 0.2) is 34.2 Å². The zero-order valence-corrected chi connectivity index (χ0v) is 15.4. The number of rotatable bonds is 7. The standard InChI is InChI=1S/C18H25N3O3S/c1-2-7-21-17(23)15-5-3-4-6-16(15)19-18(21)25-13-14(22)12-20-8-10-24-11-9-20/h3-6,14,22H,2,7-13H2,1H3/t14-/m1/s1. The average molecular weight is 363 g/mol. The molecule has 136 valence electrons. The molecule has 1 fully saturated rings. The molecular formula is C18H25N3O3S. The zero-order valence-electron chi connectivity index (χ0n) is 14.6. The third kappa shape index (κ3) is 4.61. The summed E-state index contributed by atoms with van der Waals surface area (Å²) in [6.45, 7) is 6.47. The molecule has 6 nitrogen and oxygen atoms in total. The van der Waals surface area contributed by atoms with Gasteiger partial charge in [0, 0.05) is 31.9 Å². The van der Waals surface area contributed by atoms with Gasteiger partial charge in [-0.25, -0.2) is 4.98 Å². The monoisotopic (exact) mass is 363 g/mol. The first-order chi connectivity index (χ1) is 12.2. The summed E-state index contributed by atoms with van der Waals surface area (Å²) in [4.78, 5) is 19.6. The molecule has 3 rings (SSSR count). The van der Waals surface area contributed by atoms with Gasteiger partial charge in [0.1, 0.15) is 0 Å². The Morgan fingerprint density at radius 1 is 1.32 bits per heavy atom. The summed E-state index contributed by atoms with van der Waals surface area (Å²) in [6, 6.07) is 7.43. The van der Waals surface area contributed by atoms with Crippen molar-refractivity contribution in [1.82, 2.24) is 14.5 Å². The Bertz CT molecular complexity index is 759. The Morgan fingerprint density at radius 3 is 2.84 bits per heavy atom. The second-order valence-corrected chi connectivity index (χ2v) is 7.23. The lowest BCUT2D eigenvalue weighted by Crippen LogP contribution is -2.41. The van der Waals surface area contributed by atoms with E-state index in [1.165, 1.54) is 11.8 Å². The normalized spacial score (nSPS) is 17.0. The highest BCUT2D eigenvalue weighted by Crippen LogP contribution is 2.19. The van der Waals surface area contributed by atoms with Crippen LogP contribution in [0.3, 0.4) is 0 Å². The predicted octanol–water partition coefficient (Wildman–Crippen LogP) is 1.59. The van der Waals surface area contributed by atoms with Crippen LogP contribution in [0, 0.1) is 0 Å². The van der Waals surface area contributed by atoms with Crippen LogP contribution in [-0.2, 0) is 11.3 Å². The summed E-state index contributed by atoms with van der Waals surface area (Å²) in [7, 11) is 0. The number of hydrogen-bond donors (Lipinski definition) is 1. The third-order valence-corrected chi connectivity index (χ3v) is 5.37. The maximum Gasteiger partial charge on any atom is 0.262 e. The molecule has 1 aliphatic heterocycles. The fraction of sp³-hybridized carbons (Fsp3) is 0.556. The van der Waals surface area contributed by atoms with Crippen LogP contribution in [-0.4, -0.2) is 64.3 Å². The van der Waals surface area contributed by atoms with Crippen molar-refractivity contribution in [2.24, 2.45) is 0 Å². The van der Waals surface area contributed by atoms with Crippen molar-refractivity contribution in [2.45, 2.75) is 31.1 Å². The molecule has 0 saturated carbocycles. The van der Waals surface area contributed by atoms with Gasteiger partial charge in [-0.1, -0.05) is 30.8 Å². The van der Waals surface area contributed by atoms with Crippen molar-refractivity contribution in [1.29, 1.82) is 0 Å². The number of fused-ring (bicyclic) bond motifs is 1. The first-order valence-electron chi connectivity index (χ1n) is 8.79. The molecule has 2 aromatic rings. The lowest BCUT2D eigenvalue weighted by molar-refractivity contribution is 0.0188. The predicted molar refractivity (Wildman–Crippen MR) is 100 cm³/mol. The Kier molecular flexibility index (Phi) is 6.47. The van der Waals surface area contributed by atoms with Gasteiger partial charge in [-0.15, -0.1) is 0 Å². The minimum Gasteiger partial charge on any atom is -0.391 e. The molecule has 0 unspecified atom stereocenters. The molecule has 1 saturated heterocycles. The highest BCUT2D eigenvalue weighted by atomic mass is 32.2. The summed E-state index contributed by atoms with van der Waals surface area (Å²) in [5.41, 5.74) is 0.711. The van der Waals surface area contributed by atoms with E-state index in [2.05, 4.69) is 9.88 Å². The van der Waals surface area contributed by atoms with E-state index in [0.717, 1.165) is 32.7 Å². The van der Waals surface area contributed by atoms with Crippen molar-refractivity contribution in [3.8, 4) is 0 Å². The molecule has 1 atom stereocenters. The van der Waals surface area contributed by atoms with Gasteiger partial charge in [0.05, 0.1) is 30.2 Å². The Morgan fingerprint density at radius 2 is 2.08 bits per heavy atom. The maximum atomic E-state index is 12.7. The van der Waals surface area contributed by atoms with E-state index >= 15 is 0 Å². The van der Waals surface area contributed by atoms with Gasteiger partial charge in [-0.3, -0.25) is 14.3 Å². The van der Waals surface area contributed by atoms with Gasteiger partial charge >= 0.3 is 0 Å². The Balaban J connectivity index is 1.73. The number of para-hydroxylation sites is 1. The van der Waals surface area contributed by atoms with Crippen LogP contribution < -0.4 is 5.56 Å². The van der Waals surface area contributed by atoms with E-state index in [-0.39, 0.29) is 5.56 Å². The van der Waals surface area contributed by atoms with E-state index in [1.54, 1.807) is 4.57 Å². The quantitative estimate of drug-likeness (QED) is 0.595. The number of hydrogen-bond acceptors (Lipinski definition) is 6. The van der Waals surface area contributed by atoms with Gasteiger partial charge in [-0.2, -0.15) is 0 Å². The topological polar surface area (TPSA) is 67.6 Å². The summed E-state index contributed by atoms with van der Waals surface area (Å²) in [5.74, 6) is 0.520. The van der Waals surface area contributed by atoms with Gasteiger partial charge in [0.2, 0.25) is 0 Å². The maximum absolute atomic E-state index is 12.7. The number of aliphatic hydroxyl groups is 1. The molecule has 0 bridgehead atoms. The molecule has 0 radical (unpaired) electrons. The highest BCUT2D eigenvalue weighted by molar-refractivity contribution is 7.99. The number of nitrogens with zero attached hydrogens (tertiary/aromatic N) is 3. The highest BCUT2D eigenvalue weighted by Gasteiger charge is 2.17. The number of aliphatic hydroxyl groups excluding tert-OH is 1. The van der Waals surface area contributed by atoms with Crippen LogP contribution >= 0.6 is 11.8 Å². The van der Waals surface area contributed by atoms with Crippen LogP contribution in [0.1, 0.15) is 13.3 Å². The second-order valence-electron chi connectivity index (χ2n) is 6.25. The summed E-state index contributed by atoms with van der Waals surface area (Å²) >= 11 is 1.46. The minimum atomic E-state index is -0.457. The van der Waals surface area contributed by atoms with Crippen LogP contribution in [0.5, 0.6) is 0 Å². The SMILES string of the molecule is CCCn1c(SC[C@H](O)CN2CCOCC2)nc2ccccc2c1=O. The van der Waals surface area contributed by atoms with Crippen molar-refractivity contribution in [3.63, 3.8) is 0 Å². The molecule has 0 amide bonds. The molecule has 0 aliphatic carbocycles. The molecule has 1 aromatic heterocycles. The summed E-state index contributed by atoms with van der Waals surface area (Å²) in [6.07, 6.45) is 0.408. The average Bonchev–Trinajstić information content (AvgIpc) is 2.63. The van der Waals surface area contributed by atoms with E-state index in [1.807, 2.05) is 31.2 Å². The molecule has 1 N–H and O–H groups in total. The van der Waals surface area contributed by atoms with Crippen molar-refractivity contribution < 1.29 is 9.84 Å². The number of morpholine rings is 1. The Hall–Kier alpha value is -1.41. The van der Waals surface area contributed by atoms with E-state index in [4.69, 9.17) is 4.74 Å². The molecule has 7 heteroatoms. The molecule has 25 heavy (non-hydrogen) atoms. The van der Waals surface area contributed by atoms with Crippen molar-refractivity contribution >= 4 is 22.7 Å². The van der Waals surface area contributed by atoms with Crippen LogP contribution in [0.2, 0.25) is 0 Å². The molecule has 1 aromatic carbocycles. The van der Waals surface area contributed by atoms with E-state index in [9.17, 15) is 9.90 Å². The third-order valence-electron chi connectivity index (χ3n) is 4.25. The Labute approximate surface area is 151 Å². The van der Waals surface area contributed by atoms with Gasteiger partial charge in [0.25, 0.3) is 5.56 Å². The van der Waals surface area contributed by atoms with Gasteiger partial charge in [0.15, 0.2) is 5.16 Å². The van der Waals surface area contributed by atoms with Gasteiger partial charge in [-0.05, 0) is 18.6 Å². The summed E-state index contributed by atoms with van der Waals surface area (Å²) in [5, 5.41) is 11.7. The largest absolute Gasteiger partial charge is 0.391 e. The lowest BCUT2D eigenvalue weighted by atomic mass is 10.2. The summed E-state index contributed by atoms with van der Waals surface area (Å²) < 4.78 is 7.06.